The Morgan fingerprint density at radius 2 is 2.00 bits per heavy atom. The van der Waals surface area contributed by atoms with Crippen LogP contribution in [0.25, 0.3) is 0 Å². The smallest absolute Gasteiger partial charge is 0.220 e. The van der Waals surface area contributed by atoms with Gasteiger partial charge in [-0.2, -0.15) is 0 Å². The van der Waals surface area contributed by atoms with Crippen LogP contribution in [-0.2, 0) is 4.79 Å². The van der Waals surface area contributed by atoms with Crippen LogP contribution in [0, 0.1) is 17.8 Å². The Kier molecular flexibility index (Phi) is 2.43. The van der Waals surface area contributed by atoms with Crippen LogP contribution in [0.4, 0.5) is 0 Å². The highest BCUT2D eigenvalue weighted by Gasteiger charge is 2.53. The molecule has 0 spiro atoms. The zero-order valence-electron chi connectivity index (χ0n) is 9.17. The lowest BCUT2D eigenvalue weighted by molar-refractivity contribution is -0.121. The van der Waals surface area contributed by atoms with E-state index in [-0.39, 0.29) is 0 Å². The third-order valence-electron chi connectivity index (χ3n) is 4.42. The highest BCUT2D eigenvalue weighted by Crippen LogP contribution is 2.41. The molecule has 0 aromatic rings. The van der Waals surface area contributed by atoms with E-state index in [9.17, 15) is 4.79 Å². The molecular formula is C12H20N2O. The zero-order valence-corrected chi connectivity index (χ0v) is 9.17. The van der Waals surface area contributed by atoms with Gasteiger partial charge in [0.25, 0.3) is 0 Å². The standard InChI is InChI=1S/C12H20N2O/c15-11(5-4-8-2-1-3-8)14-12-9-6-13-7-10(9)12/h8-10,12-13H,1-7H2,(H,14,15). The minimum Gasteiger partial charge on any atom is -0.353 e. The van der Waals surface area contributed by atoms with Gasteiger partial charge in [0, 0.05) is 25.6 Å². The zero-order chi connectivity index (χ0) is 10.3. The molecule has 0 aromatic heterocycles. The lowest BCUT2D eigenvalue weighted by Gasteiger charge is -2.24. The van der Waals surface area contributed by atoms with Gasteiger partial charge in [0.05, 0.1) is 0 Å². The summed E-state index contributed by atoms with van der Waals surface area (Å²) in [6, 6.07) is 0.514. The second-order valence-electron chi connectivity index (χ2n) is 5.41. The molecule has 0 aromatic carbocycles. The summed E-state index contributed by atoms with van der Waals surface area (Å²) in [6.07, 6.45) is 5.96. The molecule has 1 aliphatic heterocycles. The molecule has 1 heterocycles. The van der Waals surface area contributed by atoms with Crippen LogP contribution in [-0.4, -0.2) is 25.0 Å². The van der Waals surface area contributed by atoms with Crippen molar-refractivity contribution >= 4 is 5.91 Å². The fourth-order valence-electron chi connectivity index (χ4n) is 3.01. The number of fused-ring (bicyclic) bond motifs is 1. The normalized spacial score (nSPS) is 38.3. The fraction of sp³-hybridized carbons (Fsp3) is 0.917. The van der Waals surface area contributed by atoms with E-state index in [0.717, 1.165) is 43.7 Å². The molecule has 3 heteroatoms. The van der Waals surface area contributed by atoms with E-state index in [2.05, 4.69) is 10.6 Å². The molecule has 2 atom stereocenters. The minimum absolute atomic E-state index is 0.293. The maximum Gasteiger partial charge on any atom is 0.220 e. The van der Waals surface area contributed by atoms with E-state index in [1.165, 1.54) is 19.3 Å². The summed E-state index contributed by atoms with van der Waals surface area (Å²) < 4.78 is 0. The predicted octanol–water partition coefficient (Wildman–Crippen LogP) is 0.901. The first-order chi connectivity index (χ1) is 7.34. The van der Waals surface area contributed by atoms with Gasteiger partial charge in [-0.25, -0.2) is 0 Å². The Bertz CT molecular complexity index is 252. The molecule has 2 N–H and O–H groups in total. The molecule has 2 aliphatic carbocycles. The molecule has 2 unspecified atom stereocenters. The maximum atomic E-state index is 11.6. The summed E-state index contributed by atoms with van der Waals surface area (Å²) in [5, 5.41) is 6.52. The van der Waals surface area contributed by atoms with Gasteiger partial charge in [-0.3, -0.25) is 4.79 Å². The summed E-state index contributed by atoms with van der Waals surface area (Å²) in [6.45, 7) is 2.22. The van der Waals surface area contributed by atoms with Crippen molar-refractivity contribution < 1.29 is 4.79 Å². The molecule has 0 radical (unpaired) electrons. The van der Waals surface area contributed by atoms with Gasteiger partial charge in [-0.1, -0.05) is 19.3 Å². The Hall–Kier alpha value is -0.570. The van der Waals surface area contributed by atoms with Crippen molar-refractivity contribution in [3.05, 3.63) is 0 Å². The highest BCUT2D eigenvalue weighted by molar-refractivity contribution is 5.76. The average molecular weight is 208 g/mol. The molecule has 3 fully saturated rings. The van der Waals surface area contributed by atoms with Crippen LogP contribution in [0.3, 0.4) is 0 Å². The summed E-state index contributed by atoms with van der Waals surface area (Å²) in [5.74, 6) is 2.65. The van der Waals surface area contributed by atoms with E-state index in [4.69, 9.17) is 0 Å². The van der Waals surface area contributed by atoms with Gasteiger partial charge in [-0.05, 0) is 24.2 Å². The lowest BCUT2D eigenvalue weighted by atomic mass is 9.82. The van der Waals surface area contributed by atoms with Crippen LogP contribution < -0.4 is 10.6 Å². The van der Waals surface area contributed by atoms with Crippen molar-refractivity contribution in [2.45, 2.75) is 38.1 Å². The second-order valence-corrected chi connectivity index (χ2v) is 5.41. The van der Waals surface area contributed by atoms with E-state index in [1.807, 2.05) is 0 Å². The summed E-state index contributed by atoms with van der Waals surface area (Å²) in [4.78, 5) is 11.6. The highest BCUT2D eigenvalue weighted by atomic mass is 16.1. The van der Waals surface area contributed by atoms with Crippen LogP contribution in [0.15, 0.2) is 0 Å². The molecule has 3 nitrogen and oxygen atoms in total. The Morgan fingerprint density at radius 3 is 2.60 bits per heavy atom. The molecular weight excluding hydrogens is 188 g/mol. The molecule has 1 amide bonds. The SMILES string of the molecule is O=C(CCC1CCC1)NC1C2CNCC21. The van der Waals surface area contributed by atoms with Crippen molar-refractivity contribution in [2.24, 2.45) is 17.8 Å². The monoisotopic (exact) mass is 208 g/mol. The van der Waals surface area contributed by atoms with E-state index >= 15 is 0 Å². The number of carbonyl (C=O) groups is 1. The first kappa shape index (κ1) is 9.64. The van der Waals surface area contributed by atoms with Gasteiger partial charge < -0.3 is 10.6 Å². The number of nitrogens with one attached hydrogen (secondary N) is 2. The van der Waals surface area contributed by atoms with Crippen molar-refractivity contribution in [3.63, 3.8) is 0 Å². The van der Waals surface area contributed by atoms with Gasteiger partial charge in [0.1, 0.15) is 0 Å². The molecule has 15 heavy (non-hydrogen) atoms. The predicted molar refractivity (Wildman–Crippen MR) is 58.4 cm³/mol. The average Bonchev–Trinajstić information content (AvgIpc) is 2.61. The van der Waals surface area contributed by atoms with Gasteiger partial charge >= 0.3 is 0 Å². The number of carbonyl (C=O) groups excluding carboxylic acids is 1. The number of hydrogen-bond donors (Lipinski definition) is 2. The van der Waals surface area contributed by atoms with Gasteiger partial charge in [0.15, 0.2) is 0 Å². The fourth-order valence-corrected chi connectivity index (χ4v) is 3.01. The van der Waals surface area contributed by atoms with Gasteiger partial charge in [-0.15, -0.1) is 0 Å². The summed E-state index contributed by atoms with van der Waals surface area (Å²) >= 11 is 0. The van der Waals surface area contributed by atoms with E-state index < -0.39 is 0 Å². The molecule has 84 valence electrons. The minimum atomic E-state index is 0.293. The maximum absolute atomic E-state index is 11.6. The Labute approximate surface area is 91.0 Å². The Balaban J connectivity index is 1.35. The molecule has 3 aliphatic rings. The molecule has 0 bridgehead atoms. The van der Waals surface area contributed by atoms with Crippen LogP contribution in [0.5, 0.6) is 0 Å². The van der Waals surface area contributed by atoms with Crippen molar-refractivity contribution in [3.8, 4) is 0 Å². The van der Waals surface area contributed by atoms with E-state index in [1.54, 1.807) is 0 Å². The number of hydrogen-bond acceptors (Lipinski definition) is 2. The first-order valence-electron chi connectivity index (χ1n) is 6.34. The third kappa shape index (κ3) is 1.89. The number of rotatable bonds is 4. The molecule has 3 rings (SSSR count). The van der Waals surface area contributed by atoms with Crippen LogP contribution in [0.1, 0.15) is 32.1 Å². The van der Waals surface area contributed by atoms with Crippen LogP contribution >= 0.6 is 0 Å². The van der Waals surface area contributed by atoms with E-state index in [0.29, 0.717) is 11.9 Å². The topological polar surface area (TPSA) is 41.1 Å². The quantitative estimate of drug-likeness (QED) is 0.720. The number of piperidine rings is 1. The summed E-state index contributed by atoms with van der Waals surface area (Å²) in [7, 11) is 0. The Morgan fingerprint density at radius 1 is 1.27 bits per heavy atom. The van der Waals surface area contributed by atoms with Crippen molar-refractivity contribution in [1.29, 1.82) is 0 Å². The van der Waals surface area contributed by atoms with Crippen LogP contribution in [0.2, 0.25) is 0 Å². The molecule has 1 saturated heterocycles. The largest absolute Gasteiger partial charge is 0.353 e. The first-order valence-corrected chi connectivity index (χ1v) is 6.34. The van der Waals surface area contributed by atoms with Gasteiger partial charge in [0.2, 0.25) is 5.91 Å². The third-order valence-corrected chi connectivity index (χ3v) is 4.42. The molecule has 2 saturated carbocycles. The lowest BCUT2D eigenvalue weighted by Crippen LogP contribution is -2.32. The second kappa shape index (κ2) is 3.78. The number of amides is 1. The van der Waals surface area contributed by atoms with Crippen molar-refractivity contribution in [2.75, 3.05) is 13.1 Å². The summed E-state index contributed by atoms with van der Waals surface area (Å²) in [5.41, 5.74) is 0. The van der Waals surface area contributed by atoms with Crippen molar-refractivity contribution in [1.82, 2.24) is 10.6 Å².